The van der Waals surface area contributed by atoms with Crippen molar-refractivity contribution in [1.29, 1.82) is 0 Å². The van der Waals surface area contributed by atoms with Gasteiger partial charge in [-0.05, 0) is 43.2 Å². The van der Waals surface area contributed by atoms with Crippen molar-refractivity contribution in [2.45, 2.75) is 29.2 Å². The highest BCUT2D eigenvalue weighted by molar-refractivity contribution is 7.99. The van der Waals surface area contributed by atoms with Gasteiger partial charge in [0.05, 0.1) is 5.02 Å². The molecular weight excluding hydrogens is 262 g/mol. The molecule has 0 fully saturated rings. The van der Waals surface area contributed by atoms with Crippen LogP contribution in [0.25, 0.3) is 0 Å². The van der Waals surface area contributed by atoms with Crippen LogP contribution in [-0.2, 0) is 6.42 Å². The zero-order chi connectivity index (χ0) is 13.0. The molecule has 1 unspecified atom stereocenters. The van der Waals surface area contributed by atoms with Crippen molar-refractivity contribution in [3.8, 4) is 0 Å². The molecule has 1 atom stereocenters. The summed E-state index contributed by atoms with van der Waals surface area (Å²) >= 11 is 7.82. The summed E-state index contributed by atoms with van der Waals surface area (Å²) in [5.74, 6) is 0. The molecule has 0 aliphatic heterocycles. The maximum absolute atomic E-state index is 6.14. The summed E-state index contributed by atoms with van der Waals surface area (Å²) in [5.41, 5.74) is 7.06. The molecule has 0 spiro atoms. The number of benzene rings is 2. The predicted molar refractivity (Wildman–Crippen MR) is 79.4 cm³/mol. The summed E-state index contributed by atoms with van der Waals surface area (Å²) in [5, 5.41) is 0.794. The van der Waals surface area contributed by atoms with Crippen LogP contribution in [0.4, 0.5) is 0 Å². The highest BCUT2D eigenvalue weighted by atomic mass is 35.5. The monoisotopic (exact) mass is 277 g/mol. The third kappa shape index (κ3) is 3.77. The second-order valence-corrected chi connectivity index (χ2v) is 5.88. The van der Waals surface area contributed by atoms with Gasteiger partial charge in [-0.25, -0.2) is 0 Å². The molecule has 0 bridgehead atoms. The van der Waals surface area contributed by atoms with Crippen LogP contribution in [-0.4, -0.2) is 6.04 Å². The predicted octanol–water partition coefficient (Wildman–Crippen LogP) is 4.38. The molecule has 0 heterocycles. The first-order valence-electron chi connectivity index (χ1n) is 5.92. The van der Waals surface area contributed by atoms with E-state index in [0.717, 1.165) is 16.3 Å². The molecule has 0 aliphatic carbocycles. The Hall–Kier alpha value is -0.960. The maximum Gasteiger partial charge on any atom is 0.0545 e. The molecule has 18 heavy (non-hydrogen) atoms. The molecule has 2 aromatic rings. The van der Waals surface area contributed by atoms with Gasteiger partial charge in [-0.3, -0.25) is 0 Å². The quantitative estimate of drug-likeness (QED) is 0.897. The van der Waals surface area contributed by atoms with E-state index in [4.69, 9.17) is 17.3 Å². The Labute approximate surface area is 117 Å². The molecule has 0 aromatic heterocycles. The molecule has 1 nitrogen and oxygen atoms in total. The molecule has 0 aliphatic rings. The fraction of sp³-hybridized carbons (Fsp3) is 0.200. The van der Waals surface area contributed by atoms with E-state index in [1.54, 1.807) is 11.8 Å². The normalized spacial score (nSPS) is 12.4. The summed E-state index contributed by atoms with van der Waals surface area (Å²) in [6.45, 7) is 2.02. The molecule has 2 rings (SSSR count). The summed E-state index contributed by atoms with van der Waals surface area (Å²) in [7, 11) is 0. The Morgan fingerprint density at radius 3 is 2.39 bits per heavy atom. The number of rotatable bonds is 4. The summed E-state index contributed by atoms with van der Waals surface area (Å²) < 4.78 is 0. The van der Waals surface area contributed by atoms with Crippen molar-refractivity contribution in [3.05, 3.63) is 59.1 Å². The first kappa shape index (κ1) is 13.5. The molecule has 94 valence electrons. The average molecular weight is 278 g/mol. The van der Waals surface area contributed by atoms with Crippen LogP contribution >= 0.6 is 23.4 Å². The minimum atomic E-state index is 0.201. The topological polar surface area (TPSA) is 26.0 Å². The van der Waals surface area contributed by atoms with Gasteiger partial charge in [0.15, 0.2) is 0 Å². The van der Waals surface area contributed by atoms with Crippen molar-refractivity contribution in [1.82, 2.24) is 0 Å². The summed E-state index contributed by atoms with van der Waals surface area (Å²) in [6.07, 6.45) is 0.914. The van der Waals surface area contributed by atoms with E-state index in [1.165, 1.54) is 10.5 Å². The van der Waals surface area contributed by atoms with E-state index in [1.807, 2.05) is 31.2 Å². The van der Waals surface area contributed by atoms with Crippen molar-refractivity contribution in [2.24, 2.45) is 5.73 Å². The largest absolute Gasteiger partial charge is 0.328 e. The summed E-state index contributed by atoms with van der Waals surface area (Å²) in [6, 6.07) is 16.6. The number of hydrogen-bond acceptors (Lipinski definition) is 2. The molecule has 3 heteroatoms. The second kappa shape index (κ2) is 6.28. The van der Waals surface area contributed by atoms with E-state index in [2.05, 4.69) is 24.3 Å². The molecular formula is C15H16ClNS. The van der Waals surface area contributed by atoms with E-state index >= 15 is 0 Å². The Morgan fingerprint density at radius 2 is 1.78 bits per heavy atom. The lowest BCUT2D eigenvalue weighted by molar-refractivity contribution is 0.737. The lowest BCUT2D eigenvalue weighted by Gasteiger charge is -2.07. The average Bonchev–Trinajstić information content (AvgIpc) is 2.34. The molecule has 2 N–H and O–H groups in total. The van der Waals surface area contributed by atoms with Crippen LogP contribution in [0.1, 0.15) is 12.5 Å². The van der Waals surface area contributed by atoms with Crippen LogP contribution in [0.3, 0.4) is 0 Å². The molecule has 2 aromatic carbocycles. The van der Waals surface area contributed by atoms with Crippen molar-refractivity contribution in [3.63, 3.8) is 0 Å². The van der Waals surface area contributed by atoms with E-state index in [9.17, 15) is 0 Å². The molecule has 0 radical (unpaired) electrons. The third-order valence-electron chi connectivity index (χ3n) is 2.55. The van der Waals surface area contributed by atoms with Crippen LogP contribution in [0.15, 0.2) is 58.3 Å². The highest BCUT2D eigenvalue weighted by Gasteiger charge is 2.02. The zero-order valence-electron chi connectivity index (χ0n) is 10.3. The fourth-order valence-corrected chi connectivity index (χ4v) is 2.81. The standard InChI is InChI=1S/C15H16ClNS/c1-11(17)10-12-6-8-13(9-7-12)18-15-5-3-2-4-14(15)16/h2-9,11H,10,17H2,1H3. The van der Waals surface area contributed by atoms with E-state index in [-0.39, 0.29) is 6.04 Å². The summed E-state index contributed by atoms with van der Waals surface area (Å²) in [4.78, 5) is 2.27. The third-order valence-corrected chi connectivity index (χ3v) is 4.07. The fourth-order valence-electron chi connectivity index (χ4n) is 1.72. The lowest BCUT2D eigenvalue weighted by Crippen LogP contribution is -2.17. The first-order chi connectivity index (χ1) is 8.65. The van der Waals surface area contributed by atoms with Gasteiger partial charge in [-0.1, -0.05) is 47.6 Å². The Balaban J connectivity index is 2.09. The van der Waals surface area contributed by atoms with Gasteiger partial charge in [0.1, 0.15) is 0 Å². The number of nitrogens with two attached hydrogens (primary N) is 1. The highest BCUT2D eigenvalue weighted by Crippen LogP contribution is 2.32. The SMILES string of the molecule is CC(N)Cc1ccc(Sc2ccccc2Cl)cc1. The van der Waals surface area contributed by atoms with Gasteiger partial charge < -0.3 is 5.73 Å². The smallest absolute Gasteiger partial charge is 0.0545 e. The lowest BCUT2D eigenvalue weighted by atomic mass is 10.1. The van der Waals surface area contributed by atoms with E-state index < -0.39 is 0 Å². The number of hydrogen-bond donors (Lipinski definition) is 1. The van der Waals surface area contributed by atoms with Gasteiger partial charge in [0.25, 0.3) is 0 Å². The van der Waals surface area contributed by atoms with Crippen LogP contribution in [0.2, 0.25) is 5.02 Å². The molecule has 0 saturated heterocycles. The second-order valence-electron chi connectivity index (χ2n) is 4.36. The van der Waals surface area contributed by atoms with Crippen molar-refractivity contribution in [2.75, 3.05) is 0 Å². The van der Waals surface area contributed by atoms with Crippen LogP contribution in [0, 0.1) is 0 Å². The van der Waals surface area contributed by atoms with Crippen LogP contribution in [0.5, 0.6) is 0 Å². The van der Waals surface area contributed by atoms with Crippen molar-refractivity contribution < 1.29 is 0 Å². The van der Waals surface area contributed by atoms with Crippen molar-refractivity contribution >= 4 is 23.4 Å². The van der Waals surface area contributed by atoms with E-state index in [0.29, 0.717) is 0 Å². The Kier molecular flexibility index (Phi) is 4.70. The Morgan fingerprint density at radius 1 is 1.11 bits per heavy atom. The molecule has 0 amide bonds. The van der Waals surface area contributed by atoms with Gasteiger partial charge in [0.2, 0.25) is 0 Å². The Bertz CT molecular complexity index is 508. The van der Waals surface area contributed by atoms with Gasteiger partial charge in [-0.15, -0.1) is 0 Å². The minimum absolute atomic E-state index is 0.201. The first-order valence-corrected chi connectivity index (χ1v) is 7.11. The minimum Gasteiger partial charge on any atom is -0.328 e. The zero-order valence-corrected chi connectivity index (χ0v) is 11.8. The van der Waals surface area contributed by atoms with Gasteiger partial charge in [-0.2, -0.15) is 0 Å². The van der Waals surface area contributed by atoms with Crippen LogP contribution < -0.4 is 5.73 Å². The van der Waals surface area contributed by atoms with Gasteiger partial charge in [0, 0.05) is 15.8 Å². The maximum atomic E-state index is 6.14. The van der Waals surface area contributed by atoms with Gasteiger partial charge >= 0.3 is 0 Å². The number of halogens is 1. The molecule has 0 saturated carbocycles.